The molecule has 1 aliphatic carbocycles. The van der Waals surface area contributed by atoms with Crippen molar-refractivity contribution in [3.05, 3.63) is 11.9 Å². The summed E-state index contributed by atoms with van der Waals surface area (Å²) in [6.07, 6.45) is 10.3. The van der Waals surface area contributed by atoms with Gasteiger partial charge in [-0.15, -0.1) is 0 Å². The van der Waals surface area contributed by atoms with E-state index >= 15 is 0 Å². The summed E-state index contributed by atoms with van der Waals surface area (Å²) >= 11 is 0. The third kappa shape index (κ3) is 3.30. The van der Waals surface area contributed by atoms with E-state index in [2.05, 4.69) is 32.9 Å². The average molecular weight is 262 g/mol. The number of aromatic nitrogens is 2. The van der Waals surface area contributed by atoms with Gasteiger partial charge in [0, 0.05) is 25.3 Å². The fourth-order valence-corrected chi connectivity index (χ4v) is 3.34. The molecule has 4 heteroatoms. The number of imidazole rings is 1. The lowest BCUT2D eigenvalue weighted by atomic mass is 10.2. The Morgan fingerprint density at radius 3 is 2.63 bits per heavy atom. The first-order valence-electron chi connectivity index (χ1n) is 7.84. The molecule has 1 saturated heterocycles. The SMILES string of the molecule is Cc1cn(CCN2CCCC2)c(NC2CCCC2)n1. The zero-order valence-corrected chi connectivity index (χ0v) is 12.1. The third-order valence-corrected chi connectivity index (χ3v) is 4.44. The number of nitrogens with zero attached hydrogens (tertiary/aromatic N) is 3. The maximum atomic E-state index is 4.65. The number of hydrogen-bond acceptors (Lipinski definition) is 3. The van der Waals surface area contributed by atoms with Crippen LogP contribution in [-0.4, -0.2) is 40.1 Å². The van der Waals surface area contributed by atoms with Gasteiger partial charge in [0.1, 0.15) is 0 Å². The van der Waals surface area contributed by atoms with Gasteiger partial charge in [-0.05, 0) is 45.7 Å². The van der Waals surface area contributed by atoms with Crippen LogP contribution in [0.2, 0.25) is 0 Å². The fourth-order valence-electron chi connectivity index (χ4n) is 3.34. The highest BCUT2D eigenvalue weighted by Crippen LogP contribution is 2.22. The molecule has 1 aromatic heterocycles. The predicted molar refractivity (Wildman–Crippen MR) is 78.5 cm³/mol. The molecular weight excluding hydrogens is 236 g/mol. The van der Waals surface area contributed by atoms with E-state index in [1.54, 1.807) is 0 Å². The molecule has 0 unspecified atom stereocenters. The Bertz CT molecular complexity index is 400. The van der Waals surface area contributed by atoms with Gasteiger partial charge in [-0.25, -0.2) is 4.98 Å². The third-order valence-electron chi connectivity index (χ3n) is 4.44. The second-order valence-electron chi connectivity index (χ2n) is 6.07. The minimum Gasteiger partial charge on any atom is -0.353 e. The number of hydrogen-bond donors (Lipinski definition) is 1. The van der Waals surface area contributed by atoms with Gasteiger partial charge in [-0.3, -0.25) is 0 Å². The van der Waals surface area contributed by atoms with Crippen molar-refractivity contribution in [3.63, 3.8) is 0 Å². The molecule has 106 valence electrons. The average Bonchev–Trinajstić information content (AvgIpc) is 3.10. The molecule has 0 atom stereocenters. The lowest BCUT2D eigenvalue weighted by Gasteiger charge is -2.18. The zero-order valence-electron chi connectivity index (χ0n) is 12.1. The molecule has 19 heavy (non-hydrogen) atoms. The van der Waals surface area contributed by atoms with Crippen molar-refractivity contribution >= 4 is 5.95 Å². The van der Waals surface area contributed by atoms with Crippen LogP contribution >= 0.6 is 0 Å². The standard InChI is InChI=1S/C15H26N4/c1-13-12-19(11-10-18-8-4-5-9-18)15(16-13)17-14-6-2-3-7-14/h12,14H,2-11H2,1H3,(H,16,17). The number of rotatable bonds is 5. The van der Waals surface area contributed by atoms with Crippen LogP contribution in [0.15, 0.2) is 6.20 Å². The molecule has 1 N–H and O–H groups in total. The molecule has 1 aromatic rings. The summed E-state index contributed by atoms with van der Waals surface area (Å²) in [5.41, 5.74) is 1.13. The summed E-state index contributed by atoms with van der Waals surface area (Å²) in [6.45, 7) is 6.87. The van der Waals surface area contributed by atoms with Crippen LogP contribution in [0.5, 0.6) is 0 Å². The van der Waals surface area contributed by atoms with Crippen molar-refractivity contribution in [3.8, 4) is 0 Å². The molecule has 1 saturated carbocycles. The molecule has 0 aromatic carbocycles. The zero-order chi connectivity index (χ0) is 13.1. The molecule has 0 bridgehead atoms. The molecule has 0 amide bonds. The van der Waals surface area contributed by atoms with Crippen LogP contribution in [0.4, 0.5) is 5.95 Å². The Kier molecular flexibility index (Phi) is 4.06. The number of aryl methyl sites for hydroxylation is 1. The van der Waals surface area contributed by atoms with Crippen LogP contribution in [0.3, 0.4) is 0 Å². The van der Waals surface area contributed by atoms with E-state index in [4.69, 9.17) is 0 Å². The van der Waals surface area contributed by atoms with Gasteiger partial charge in [0.15, 0.2) is 0 Å². The van der Waals surface area contributed by atoms with Crippen molar-refractivity contribution in [2.24, 2.45) is 0 Å². The molecular formula is C15H26N4. The van der Waals surface area contributed by atoms with Crippen LogP contribution < -0.4 is 5.32 Å². The largest absolute Gasteiger partial charge is 0.353 e. The normalized spacial score (nSPS) is 21.3. The Morgan fingerprint density at radius 2 is 1.89 bits per heavy atom. The van der Waals surface area contributed by atoms with Crippen molar-refractivity contribution in [2.45, 2.75) is 58.0 Å². The van der Waals surface area contributed by atoms with E-state index in [-0.39, 0.29) is 0 Å². The molecule has 2 heterocycles. The minimum atomic E-state index is 0.646. The monoisotopic (exact) mass is 262 g/mol. The molecule has 2 fully saturated rings. The summed E-state index contributed by atoms with van der Waals surface area (Å²) in [4.78, 5) is 7.22. The van der Waals surface area contributed by atoms with Crippen molar-refractivity contribution < 1.29 is 0 Å². The van der Waals surface area contributed by atoms with E-state index in [1.807, 2.05) is 0 Å². The first-order chi connectivity index (χ1) is 9.31. The first kappa shape index (κ1) is 13.0. The lowest BCUT2D eigenvalue weighted by molar-refractivity contribution is 0.323. The Balaban J connectivity index is 1.59. The van der Waals surface area contributed by atoms with Gasteiger partial charge < -0.3 is 14.8 Å². The van der Waals surface area contributed by atoms with Gasteiger partial charge in [-0.2, -0.15) is 0 Å². The Labute approximate surface area is 116 Å². The summed E-state index contributed by atoms with van der Waals surface area (Å²) in [7, 11) is 0. The highest BCUT2D eigenvalue weighted by molar-refractivity contribution is 5.30. The molecule has 0 radical (unpaired) electrons. The Hall–Kier alpha value is -1.03. The first-order valence-corrected chi connectivity index (χ1v) is 7.84. The highest BCUT2D eigenvalue weighted by Gasteiger charge is 2.18. The fraction of sp³-hybridized carbons (Fsp3) is 0.800. The number of likely N-dealkylation sites (tertiary alicyclic amines) is 1. The molecule has 2 aliphatic rings. The maximum absolute atomic E-state index is 4.65. The summed E-state index contributed by atoms with van der Waals surface area (Å²) in [6, 6.07) is 0.646. The Morgan fingerprint density at radius 1 is 1.16 bits per heavy atom. The molecule has 0 spiro atoms. The summed E-state index contributed by atoms with van der Waals surface area (Å²) in [5, 5.41) is 3.64. The van der Waals surface area contributed by atoms with Crippen molar-refractivity contribution in [1.29, 1.82) is 0 Å². The highest BCUT2D eigenvalue weighted by atomic mass is 15.2. The topological polar surface area (TPSA) is 33.1 Å². The van der Waals surface area contributed by atoms with Crippen LogP contribution in [0.25, 0.3) is 0 Å². The van der Waals surface area contributed by atoms with Gasteiger partial charge in [0.25, 0.3) is 0 Å². The van der Waals surface area contributed by atoms with Crippen LogP contribution in [0, 0.1) is 6.92 Å². The van der Waals surface area contributed by atoms with Crippen molar-refractivity contribution in [1.82, 2.24) is 14.5 Å². The lowest BCUT2D eigenvalue weighted by Crippen LogP contribution is -2.25. The van der Waals surface area contributed by atoms with Gasteiger partial charge in [0.2, 0.25) is 5.95 Å². The van der Waals surface area contributed by atoms with E-state index in [0.29, 0.717) is 6.04 Å². The minimum absolute atomic E-state index is 0.646. The molecule has 1 aliphatic heterocycles. The smallest absolute Gasteiger partial charge is 0.203 e. The van der Waals surface area contributed by atoms with E-state index < -0.39 is 0 Å². The molecule has 4 nitrogen and oxygen atoms in total. The van der Waals surface area contributed by atoms with Crippen LogP contribution in [0.1, 0.15) is 44.2 Å². The van der Waals surface area contributed by atoms with E-state index in [0.717, 1.165) is 24.7 Å². The number of nitrogens with one attached hydrogen (secondary N) is 1. The number of anilines is 1. The second-order valence-corrected chi connectivity index (χ2v) is 6.07. The van der Waals surface area contributed by atoms with E-state index in [1.165, 1.54) is 51.6 Å². The van der Waals surface area contributed by atoms with Gasteiger partial charge in [-0.1, -0.05) is 12.8 Å². The molecule has 3 rings (SSSR count). The van der Waals surface area contributed by atoms with Crippen molar-refractivity contribution in [2.75, 3.05) is 25.0 Å². The van der Waals surface area contributed by atoms with Gasteiger partial charge >= 0.3 is 0 Å². The quantitative estimate of drug-likeness (QED) is 0.885. The summed E-state index contributed by atoms with van der Waals surface area (Å²) in [5.74, 6) is 1.09. The second kappa shape index (κ2) is 5.95. The predicted octanol–water partition coefficient (Wildman–Crippen LogP) is 2.64. The summed E-state index contributed by atoms with van der Waals surface area (Å²) < 4.78 is 2.31. The van der Waals surface area contributed by atoms with Gasteiger partial charge in [0.05, 0.1) is 5.69 Å². The maximum Gasteiger partial charge on any atom is 0.203 e. The van der Waals surface area contributed by atoms with Crippen LogP contribution in [-0.2, 0) is 6.54 Å². The van der Waals surface area contributed by atoms with E-state index in [9.17, 15) is 0 Å².